The monoisotopic (exact) mass is 883 g/mol. The summed E-state index contributed by atoms with van der Waals surface area (Å²) in [6.07, 6.45) is 5.75. The molecule has 4 heterocycles. The van der Waals surface area contributed by atoms with Crippen molar-refractivity contribution in [3.8, 4) is 33.8 Å². The summed E-state index contributed by atoms with van der Waals surface area (Å²) in [6, 6.07) is 43.6. The van der Waals surface area contributed by atoms with Gasteiger partial charge in [0.25, 0.3) is 0 Å². The van der Waals surface area contributed by atoms with Crippen LogP contribution in [0.5, 0.6) is 0 Å². The third kappa shape index (κ3) is 8.34. The van der Waals surface area contributed by atoms with E-state index in [1.54, 1.807) is 0 Å². The number of fused-ring (bicyclic) bond motifs is 4. The number of rotatable bonds is 2. The zero-order valence-electron chi connectivity index (χ0n) is 31.1. The molecule has 0 saturated carbocycles. The van der Waals surface area contributed by atoms with E-state index in [-0.39, 0.29) is 20.1 Å². The summed E-state index contributed by atoms with van der Waals surface area (Å²) in [4.78, 5) is 16.0. The number of hydrogen-bond donors (Lipinski definition) is 0. The van der Waals surface area contributed by atoms with Gasteiger partial charge in [-0.25, -0.2) is 0 Å². The van der Waals surface area contributed by atoms with Crippen LogP contribution in [0.4, 0.5) is 0 Å². The maximum absolute atomic E-state index is 4.66. The van der Waals surface area contributed by atoms with Gasteiger partial charge in [-0.15, -0.1) is 112 Å². The number of benzene rings is 5. The summed E-state index contributed by atoms with van der Waals surface area (Å²) < 4.78 is 0. The van der Waals surface area contributed by atoms with E-state index in [1.165, 1.54) is 70.3 Å². The van der Waals surface area contributed by atoms with Gasteiger partial charge in [0.15, 0.2) is 0 Å². The molecule has 9 rings (SSSR count). The van der Waals surface area contributed by atoms with Gasteiger partial charge in [0.05, 0.1) is 0 Å². The average Bonchev–Trinajstić information content (AvgIpc) is 3.15. The van der Waals surface area contributed by atoms with Crippen molar-refractivity contribution in [1.82, 2.24) is 15.0 Å². The van der Waals surface area contributed by atoms with Gasteiger partial charge in [-0.3, -0.25) is 0 Å². The number of aryl methyl sites for hydroxylation is 7. The quantitative estimate of drug-likeness (QED) is 0.128. The van der Waals surface area contributed by atoms with Crippen LogP contribution in [0.25, 0.3) is 55.3 Å². The first-order chi connectivity index (χ1) is 25.1. The van der Waals surface area contributed by atoms with Crippen molar-refractivity contribution in [2.75, 3.05) is 0 Å². The van der Waals surface area contributed by atoms with Crippen molar-refractivity contribution in [3.05, 3.63) is 173 Å². The van der Waals surface area contributed by atoms with Crippen LogP contribution in [-0.4, -0.2) is 15.0 Å². The van der Waals surface area contributed by atoms with E-state index in [0.717, 1.165) is 33.8 Å². The molecular weight excluding hydrogens is 843 g/mol. The summed E-state index contributed by atoms with van der Waals surface area (Å²) in [5, 5.41) is 5.15. The van der Waals surface area contributed by atoms with Crippen LogP contribution in [0.3, 0.4) is 0 Å². The molecule has 0 unspecified atom stereocenters. The van der Waals surface area contributed by atoms with Crippen LogP contribution >= 0.6 is 11.8 Å². The molecule has 0 spiro atoms. The fraction of sp³-hybridized carbons (Fsp3) is 0.146. The molecule has 1 aliphatic rings. The summed E-state index contributed by atoms with van der Waals surface area (Å²) in [6.45, 7) is 14.6. The smallest absolute Gasteiger partial charge is 0.304 e. The van der Waals surface area contributed by atoms with Gasteiger partial charge in [-0.05, 0) is 96.5 Å². The van der Waals surface area contributed by atoms with Gasteiger partial charge in [0, 0.05) is 23.5 Å². The first-order valence-electron chi connectivity index (χ1n) is 17.5. The number of hydrogen-bond acceptors (Lipinski definition) is 4. The topological polar surface area (TPSA) is 38.7 Å². The van der Waals surface area contributed by atoms with Crippen molar-refractivity contribution in [2.45, 2.75) is 58.3 Å². The standard InChI is InChI=1S/C20H12NS.2C14H14N.Ir/c1-12-6-7-14-13(10-12)11-18-19-15(14)8-9-21-20(19)16-4-2-3-5-17(16)22-18;2*1-10-4-6-13(7-5-10)14-8-11(2)12(3)9-15-14;/h2-3,5-11H,1H3;2*4-6,8-9H,1-3H3;/q3*-1;+3. The molecule has 0 saturated heterocycles. The van der Waals surface area contributed by atoms with Gasteiger partial charge in [0.1, 0.15) is 0 Å². The predicted molar refractivity (Wildman–Crippen MR) is 218 cm³/mol. The average molecular weight is 883 g/mol. The first kappa shape index (κ1) is 37.8. The minimum atomic E-state index is 0. The fourth-order valence-electron chi connectivity index (χ4n) is 6.14. The van der Waals surface area contributed by atoms with Crippen molar-refractivity contribution in [2.24, 2.45) is 0 Å². The van der Waals surface area contributed by atoms with Gasteiger partial charge < -0.3 is 15.0 Å². The Morgan fingerprint density at radius 2 is 1.13 bits per heavy atom. The Bertz CT molecular complexity index is 2470. The molecule has 0 aliphatic carbocycles. The molecule has 0 bridgehead atoms. The van der Waals surface area contributed by atoms with E-state index in [9.17, 15) is 0 Å². The maximum Gasteiger partial charge on any atom is 3.00 e. The van der Waals surface area contributed by atoms with Crippen LogP contribution in [0, 0.1) is 66.7 Å². The third-order valence-corrected chi connectivity index (χ3v) is 10.6. The summed E-state index contributed by atoms with van der Waals surface area (Å²) in [5.74, 6) is 0. The second-order valence-corrected chi connectivity index (χ2v) is 14.6. The zero-order chi connectivity index (χ0) is 36.4. The number of aromatic nitrogens is 3. The third-order valence-electron chi connectivity index (χ3n) is 9.49. The normalized spacial score (nSPS) is 11.1. The zero-order valence-corrected chi connectivity index (χ0v) is 34.3. The van der Waals surface area contributed by atoms with Crippen LogP contribution in [0.2, 0.25) is 0 Å². The van der Waals surface area contributed by atoms with Crippen molar-refractivity contribution in [1.29, 1.82) is 0 Å². The minimum absolute atomic E-state index is 0. The van der Waals surface area contributed by atoms with Crippen LogP contribution in [0.1, 0.15) is 38.9 Å². The molecule has 5 aromatic carbocycles. The van der Waals surface area contributed by atoms with E-state index in [2.05, 4.69) is 154 Å². The number of pyridine rings is 3. The van der Waals surface area contributed by atoms with E-state index in [0.29, 0.717) is 0 Å². The van der Waals surface area contributed by atoms with Gasteiger partial charge in [0.2, 0.25) is 0 Å². The Morgan fingerprint density at radius 3 is 1.70 bits per heavy atom. The first-order valence-corrected chi connectivity index (χ1v) is 18.3. The van der Waals surface area contributed by atoms with Crippen molar-refractivity contribution >= 4 is 33.3 Å². The maximum atomic E-state index is 4.66. The predicted octanol–water partition coefficient (Wildman–Crippen LogP) is 12.6. The summed E-state index contributed by atoms with van der Waals surface area (Å²) >= 11 is 1.82. The molecule has 262 valence electrons. The van der Waals surface area contributed by atoms with Crippen LogP contribution < -0.4 is 0 Å². The molecule has 8 aromatic rings. The molecule has 3 aromatic heterocycles. The van der Waals surface area contributed by atoms with Crippen molar-refractivity contribution < 1.29 is 20.1 Å². The molecule has 1 aliphatic heterocycles. The van der Waals surface area contributed by atoms with E-state index >= 15 is 0 Å². The SMILES string of the molecule is Cc1c[c-]c(-c2cc(C)c(C)cn2)cc1.Cc1c[c-]c(-c2cc(C)c(C)cn2)cc1.Cc1ccc2c(c1)cc1c3c(nccc32)-c2[c-]cccc2S1.[Ir+3]. The molecule has 3 nitrogen and oxygen atoms in total. The molecule has 0 radical (unpaired) electrons. The Kier molecular flexibility index (Phi) is 11.7. The van der Waals surface area contributed by atoms with Crippen molar-refractivity contribution in [3.63, 3.8) is 0 Å². The molecule has 0 atom stereocenters. The van der Waals surface area contributed by atoms with E-state index in [1.807, 2.05) is 54.6 Å². The van der Waals surface area contributed by atoms with Gasteiger partial charge in [-0.1, -0.05) is 65.8 Å². The number of nitrogens with zero attached hydrogens (tertiary/aromatic N) is 3. The Balaban J connectivity index is 0.000000139. The van der Waals surface area contributed by atoms with Crippen LogP contribution in [-0.2, 0) is 20.1 Å². The Morgan fingerprint density at radius 1 is 0.528 bits per heavy atom. The minimum Gasteiger partial charge on any atom is -0.304 e. The largest absolute Gasteiger partial charge is 3.00 e. The Labute approximate surface area is 331 Å². The molecule has 5 heteroatoms. The van der Waals surface area contributed by atoms with Gasteiger partial charge >= 0.3 is 20.1 Å². The summed E-state index contributed by atoms with van der Waals surface area (Å²) in [5.41, 5.74) is 15.0. The molecule has 0 amide bonds. The molecule has 53 heavy (non-hydrogen) atoms. The second kappa shape index (κ2) is 16.4. The van der Waals surface area contributed by atoms with E-state index in [4.69, 9.17) is 0 Å². The molecule has 0 N–H and O–H groups in total. The second-order valence-electron chi connectivity index (χ2n) is 13.6. The fourth-order valence-corrected chi connectivity index (χ4v) is 7.28. The molecular formula is C48H40IrN3S. The molecule has 0 fully saturated rings. The van der Waals surface area contributed by atoms with Crippen LogP contribution in [0.15, 0.2) is 125 Å². The Hall–Kier alpha value is -4.93. The van der Waals surface area contributed by atoms with E-state index < -0.39 is 0 Å². The summed E-state index contributed by atoms with van der Waals surface area (Å²) in [7, 11) is 0. The van der Waals surface area contributed by atoms with Gasteiger partial charge in [-0.2, -0.15) is 0 Å².